The van der Waals surface area contributed by atoms with E-state index in [-0.39, 0.29) is 12.7 Å². The van der Waals surface area contributed by atoms with E-state index in [1.807, 2.05) is 30.5 Å². The Labute approximate surface area is 176 Å². The van der Waals surface area contributed by atoms with E-state index in [0.717, 1.165) is 45.6 Å². The van der Waals surface area contributed by atoms with Crippen molar-refractivity contribution in [2.75, 3.05) is 31.0 Å². The van der Waals surface area contributed by atoms with Crippen LogP contribution in [0.25, 0.3) is 10.2 Å². The maximum Gasteiger partial charge on any atom is 0.261 e. The van der Waals surface area contributed by atoms with Crippen LogP contribution in [0.15, 0.2) is 29.4 Å². The van der Waals surface area contributed by atoms with E-state index in [2.05, 4.69) is 15.2 Å². The zero-order valence-corrected chi connectivity index (χ0v) is 17.6. The largest absolute Gasteiger partial charge is 0.454 e. The molecule has 150 valence electrons. The Kier molecular flexibility index (Phi) is 4.92. The van der Waals surface area contributed by atoms with Crippen LogP contribution in [0.1, 0.15) is 28.1 Å². The SMILES string of the molecule is CSc1nc(N2CCCC2)c2cc(C(=O)NCc3ccc4c(c3)OCO4)sc2n1. The second kappa shape index (κ2) is 7.72. The van der Waals surface area contributed by atoms with Crippen LogP contribution in [0.2, 0.25) is 0 Å². The fourth-order valence-corrected chi connectivity index (χ4v) is 4.94. The Morgan fingerprint density at radius 3 is 2.86 bits per heavy atom. The van der Waals surface area contributed by atoms with Crippen LogP contribution in [0.4, 0.5) is 5.82 Å². The van der Waals surface area contributed by atoms with Crippen LogP contribution in [-0.4, -0.2) is 42.0 Å². The zero-order valence-electron chi connectivity index (χ0n) is 15.9. The molecule has 2 aromatic heterocycles. The Morgan fingerprint density at radius 2 is 2.03 bits per heavy atom. The minimum absolute atomic E-state index is 0.108. The van der Waals surface area contributed by atoms with Crippen molar-refractivity contribution in [1.29, 1.82) is 0 Å². The number of thioether (sulfide) groups is 1. The molecule has 0 radical (unpaired) electrons. The third kappa shape index (κ3) is 3.60. The summed E-state index contributed by atoms with van der Waals surface area (Å²) in [4.78, 5) is 25.9. The van der Waals surface area contributed by atoms with Crippen LogP contribution in [0.3, 0.4) is 0 Å². The number of carbonyl (C=O) groups excluding carboxylic acids is 1. The van der Waals surface area contributed by atoms with Gasteiger partial charge in [0.05, 0.1) is 10.3 Å². The quantitative estimate of drug-likeness (QED) is 0.491. The van der Waals surface area contributed by atoms with Crippen molar-refractivity contribution in [1.82, 2.24) is 15.3 Å². The molecule has 0 aliphatic carbocycles. The highest BCUT2D eigenvalue weighted by atomic mass is 32.2. The molecule has 2 aliphatic heterocycles. The first kappa shape index (κ1) is 18.5. The molecular formula is C20H20N4O3S2. The average molecular weight is 429 g/mol. The van der Waals surface area contributed by atoms with Gasteiger partial charge in [-0.15, -0.1) is 11.3 Å². The van der Waals surface area contributed by atoms with Gasteiger partial charge in [0, 0.05) is 19.6 Å². The molecule has 29 heavy (non-hydrogen) atoms. The molecule has 1 amide bonds. The Bertz CT molecular complexity index is 1080. The van der Waals surface area contributed by atoms with E-state index < -0.39 is 0 Å². The number of amides is 1. The predicted molar refractivity (Wildman–Crippen MR) is 114 cm³/mol. The summed E-state index contributed by atoms with van der Waals surface area (Å²) in [6, 6.07) is 7.62. The van der Waals surface area contributed by atoms with Gasteiger partial charge in [-0.3, -0.25) is 4.79 Å². The third-order valence-corrected chi connectivity index (χ3v) is 6.63. The lowest BCUT2D eigenvalue weighted by atomic mass is 10.2. The highest BCUT2D eigenvalue weighted by Gasteiger charge is 2.21. The lowest BCUT2D eigenvalue weighted by Gasteiger charge is -2.17. The number of nitrogens with one attached hydrogen (secondary N) is 1. The number of rotatable bonds is 5. The van der Waals surface area contributed by atoms with Crippen LogP contribution in [0, 0.1) is 0 Å². The maximum absolute atomic E-state index is 12.8. The molecule has 0 atom stereocenters. The van der Waals surface area contributed by atoms with Gasteiger partial charge in [0.2, 0.25) is 6.79 Å². The fraction of sp³-hybridized carbons (Fsp3) is 0.350. The van der Waals surface area contributed by atoms with Crippen LogP contribution >= 0.6 is 23.1 Å². The van der Waals surface area contributed by atoms with Gasteiger partial charge < -0.3 is 19.7 Å². The van der Waals surface area contributed by atoms with Crippen molar-refractivity contribution in [3.05, 3.63) is 34.7 Å². The molecule has 0 bridgehead atoms. The predicted octanol–water partition coefficient (Wildman–Crippen LogP) is 3.67. The smallest absolute Gasteiger partial charge is 0.261 e. The number of fused-ring (bicyclic) bond motifs is 2. The van der Waals surface area contributed by atoms with Gasteiger partial charge in [-0.25, -0.2) is 9.97 Å². The van der Waals surface area contributed by atoms with Crippen molar-refractivity contribution in [3.63, 3.8) is 0 Å². The summed E-state index contributed by atoms with van der Waals surface area (Å²) in [5.74, 6) is 2.29. The standard InChI is InChI=1S/C20H20N4O3S2/c1-28-20-22-17(24-6-2-3-7-24)13-9-16(29-19(13)23-20)18(25)21-10-12-4-5-14-15(8-12)27-11-26-14/h4-5,8-9H,2-3,6-7,10-11H2,1H3,(H,21,25). The van der Waals surface area contributed by atoms with Gasteiger partial charge in [-0.05, 0) is 42.9 Å². The van der Waals surface area contributed by atoms with Crippen molar-refractivity contribution in [2.45, 2.75) is 24.5 Å². The Hall–Kier alpha value is -2.52. The molecule has 1 N–H and O–H groups in total. The normalized spacial score (nSPS) is 15.3. The lowest BCUT2D eigenvalue weighted by Crippen LogP contribution is -2.21. The molecule has 0 saturated carbocycles. The van der Waals surface area contributed by atoms with Crippen molar-refractivity contribution >= 4 is 45.0 Å². The van der Waals surface area contributed by atoms with Gasteiger partial charge in [0.15, 0.2) is 16.7 Å². The second-order valence-electron chi connectivity index (χ2n) is 6.93. The molecule has 4 heterocycles. The summed E-state index contributed by atoms with van der Waals surface area (Å²) < 4.78 is 10.7. The highest BCUT2D eigenvalue weighted by Crippen LogP contribution is 2.35. The van der Waals surface area contributed by atoms with E-state index in [1.165, 1.54) is 35.9 Å². The van der Waals surface area contributed by atoms with Crippen LogP contribution in [0.5, 0.6) is 11.5 Å². The monoisotopic (exact) mass is 428 g/mol. The van der Waals surface area contributed by atoms with Gasteiger partial charge in [0.1, 0.15) is 10.6 Å². The molecule has 3 aromatic rings. The summed E-state index contributed by atoms with van der Waals surface area (Å²) in [7, 11) is 0. The number of benzene rings is 1. The molecule has 1 saturated heterocycles. The number of carbonyl (C=O) groups is 1. The summed E-state index contributed by atoms with van der Waals surface area (Å²) in [6.07, 6.45) is 4.32. The van der Waals surface area contributed by atoms with E-state index in [9.17, 15) is 4.79 Å². The number of nitrogens with zero attached hydrogens (tertiary/aromatic N) is 3. The molecule has 9 heteroatoms. The van der Waals surface area contributed by atoms with Gasteiger partial charge >= 0.3 is 0 Å². The molecule has 7 nitrogen and oxygen atoms in total. The van der Waals surface area contributed by atoms with E-state index in [4.69, 9.17) is 14.5 Å². The first-order valence-electron chi connectivity index (χ1n) is 9.48. The molecule has 0 unspecified atom stereocenters. The average Bonchev–Trinajstić information content (AvgIpc) is 3.50. The third-order valence-electron chi connectivity index (χ3n) is 5.05. The summed E-state index contributed by atoms with van der Waals surface area (Å²) in [6.45, 7) is 2.67. The highest BCUT2D eigenvalue weighted by molar-refractivity contribution is 7.98. The molecule has 1 aromatic carbocycles. The summed E-state index contributed by atoms with van der Waals surface area (Å²) in [5, 5.41) is 4.70. The topological polar surface area (TPSA) is 76.6 Å². The zero-order chi connectivity index (χ0) is 19.8. The van der Waals surface area contributed by atoms with E-state index in [0.29, 0.717) is 17.2 Å². The van der Waals surface area contributed by atoms with Crippen molar-refractivity contribution < 1.29 is 14.3 Å². The van der Waals surface area contributed by atoms with Crippen LogP contribution in [-0.2, 0) is 6.54 Å². The number of aromatic nitrogens is 2. The molecular weight excluding hydrogens is 408 g/mol. The fourth-order valence-electron chi connectivity index (χ4n) is 3.58. The van der Waals surface area contributed by atoms with Gasteiger partial charge in [-0.1, -0.05) is 17.8 Å². The molecule has 0 spiro atoms. The Morgan fingerprint density at radius 1 is 1.21 bits per heavy atom. The first-order valence-corrected chi connectivity index (χ1v) is 11.5. The maximum atomic E-state index is 12.8. The van der Waals surface area contributed by atoms with Crippen LogP contribution < -0.4 is 19.7 Å². The van der Waals surface area contributed by atoms with Gasteiger partial charge in [0.25, 0.3) is 5.91 Å². The van der Waals surface area contributed by atoms with E-state index >= 15 is 0 Å². The van der Waals surface area contributed by atoms with Gasteiger partial charge in [-0.2, -0.15) is 0 Å². The number of anilines is 1. The minimum Gasteiger partial charge on any atom is -0.454 e. The number of ether oxygens (including phenoxy) is 2. The van der Waals surface area contributed by atoms with Crippen molar-refractivity contribution in [2.24, 2.45) is 0 Å². The number of hydrogen-bond acceptors (Lipinski definition) is 8. The first-order chi connectivity index (χ1) is 14.2. The molecule has 2 aliphatic rings. The summed E-state index contributed by atoms with van der Waals surface area (Å²) >= 11 is 2.94. The second-order valence-corrected chi connectivity index (χ2v) is 8.73. The van der Waals surface area contributed by atoms with E-state index in [1.54, 1.807) is 0 Å². The minimum atomic E-state index is -0.108. The molecule has 1 fully saturated rings. The lowest BCUT2D eigenvalue weighted by molar-refractivity contribution is 0.0955. The molecule has 5 rings (SSSR count). The Balaban J connectivity index is 1.38. The van der Waals surface area contributed by atoms with Crippen molar-refractivity contribution in [3.8, 4) is 11.5 Å². The number of thiophene rings is 1. The number of hydrogen-bond donors (Lipinski definition) is 1. The summed E-state index contributed by atoms with van der Waals surface area (Å²) in [5.41, 5.74) is 0.964.